The summed E-state index contributed by atoms with van der Waals surface area (Å²) in [4.78, 5) is 16.3. The van der Waals surface area contributed by atoms with Crippen LogP contribution in [-0.4, -0.2) is 30.1 Å². The van der Waals surface area contributed by atoms with Crippen molar-refractivity contribution >= 4 is 17.1 Å². The SMILES string of the molecule is O=C(NCc1cccn2nccc12)c1ccn2ncnc2c1. The average Bonchev–Trinajstić information content (AvgIpc) is 3.20. The maximum atomic E-state index is 12.3. The molecule has 7 heteroatoms. The fourth-order valence-corrected chi connectivity index (χ4v) is 2.40. The molecule has 0 saturated heterocycles. The van der Waals surface area contributed by atoms with Crippen molar-refractivity contribution in [2.24, 2.45) is 0 Å². The van der Waals surface area contributed by atoms with Crippen molar-refractivity contribution in [3.63, 3.8) is 0 Å². The molecule has 0 aromatic carbocycles. The van der Waals surface area contributed by atoms with Gasteiger partial charge in [-0.25, -0.2) is 14.0 Å². The van der Waals surface area contributed by atoms with Crippen molar-refractivity contribution in [1.29, 1.82) is 0 Å². The smallest absolute Gasteiger partial charge is 0.251 e. The molecule has 0 spiro atoms. The molecule has 1 amide bonds. The monoisotopic (exact) mass is 292 g/mol. The minimum Gasteiger partial charge on any atom is -0.348 e. The predicted octanol–water partition coefficient (Wildman–Crippen LogP) is 1.31. The third kappa shape index (κ3) is 2.08. The molecule has 22 heavy (non-hydrogen) atoms. The number of aromatic nitrogens is 5. The molecular weight excluding hydrogens is 280 g/mol. The lowest BCUT2D eigenvalue weighted by Gasteiger charge is -2.07. The number of pyridine rings is 2. The van der Waals surface area contributed by atoms with E-state index in [2.05, 4.69) is 20.5 Å². The third-order valence-electron chi connectivity index (χ3n) is 3.51. The van der Waals surface area contributed by atoms with Gasteiger partial charge in [0.1, 0.15) is 6.33 Å². The van der Waals surface area contributed by atoms with Crippen LogP contribution in [0, 0.1) is 0 Å². The van der Waals surface area contributed by atoms with E-state index in [1.807, 2.05) is 24.4 Å². The van der Waals surface area contributed by atoms with Gasteiger partial charge in [0.25, 0.3) is 5.91 Å². The zero-order chi connectivity index (χ0) is 14.9. The summed E-state index contributed by atoms with van der Waals surface area (Å²) in [7, 11) is 0. The minimum atomic E-state index is -0.146. The molecule has 0 aliphatic carbocycles. The van der Waals surface area contributed by atoms with Crippen LogP contribution in [0.1, 0.15) is 15.9 Å². The molecule has 7 nitrogen and oxygen atoms in total. The highest BCUT2D eigenvalue weighted by Crippen LogP contribution is 2.10. The van der Waals surface area contributed by atoms with Crippen LogP contribution in [0.15, 0.2) is 55.2 Å². The summed E-state index contributed by atoms with van der Waals surface area (Å²) in [5, 5.41) is 11.1. The molecule has 4 rings (SSSR count). The number of fused-ring (bicyclic) bond motifs is 2. The molecule has 0 radical (unpaired) electrons. The summed E-state index contributed by atoms with van der Waals surface area (Å²) < 4.78 is 3.40. The number of nitrogens with zero attached hydrogens (tertiary/aromatic N) is 5. The number of amides is 1. The van der Waals surface area contributed by atoms with E-state index in [0.29, 0.717) is 17.8 Å². The van der Waals surface area contributed by atoms with Gasteiger partial charge in [0.05, 0.1) is 5.52 Å². The molecule has 0 aliphatic heterocycles. The van der Waals surface area contributed by atoms with E-state index >= 15 is 0 Å². The zero-order valence-electron chi connectivity index (χ0n) is 11.5. The minimum absolute atomic E-state index is 0.146. The molecule has 1 N–H and O–H groups in total. The zero-order valence-corrected chi connectivity index (χ0v) is 11.5. The van der Waals surface area contributed by atoms with Gasteiger partial charge in [-0.3, -0.25) is 4.79 Å². The van der Waals surface area contributed by atoms with Crippen LogP contribution in [0.2, 0.25) is 0 Å². The Labute approximate surface area is 125 Å². The van der Waals surface area contributed by atoms with Gasteiger partial charge in [-0.1, -0.05) is 6.07 Å². The van der Waals surface area contributed by atoms with Crippen molar-refractivity contribution in [3.05, 3.63) is 66.4 Å². The van der Waals surface area contributed by atoms with Gasteiger partial charge in [-0.15, -0.1) is 0 Å². The molecule has 4 aromatic rings. The molecule has 0 aliphatic rings. The Kier molecular flexibility index (Phi) is 2.82. The van der Waals surface area contributed by atoms with Crippen molar-refractivity contribution in [2.45, 2.75) is 6.54 Å². The van der Waals surface area contributed by atoms with Crippen LogP contribution in [0.25, 0.3) is 11.2 Å². The van der Waals surface area contributed by atoms with Gasteiger partial charge in [-0.2, -0.15) is 10.2 Å². The second-order valence-electron chi connectivity index (χ2n) is 4.86. The summed E-state index contributed by atoms with van der Waals surface area (Å²) in [6.45, 7) is 0.437. The van der Waals surface area contributed by atoms with E-state index in [1.54, 1.807) is 33.6 Å². The number of nitrogens with one attached hydrogen (secondary N) is 1. The van der Waals surface area contributed by atoms with Crippen LogP contribution in [0.3, 0.4) is 0 Å². The van der Waals surface area contributed by atoms with E-state index in [4.69, 9.17) is 0 Å². The van der Waals surface area contributed by atoms with Crippen molar-refractivity contribution in [2.75, 3.05) is 0 Å². The van der Waals surface area contributed by atoms with Crippen LogP contribution >= 0.6 is 0 Å². The van der Waals surface area contributed by atoms with Gasteiger partial charge in [0.2, 0.25) is 0 Å². The van der Waals surface area contributed by atoms with Gasteiger partial charge < -0.3 is 5.32 Å². The van der Waals surface area contributed by atoms with Gasteiger partial charge >= 0.3 is 0 Å². The maximum Gasteiger partial charge on any atom is 0.251 e. The fraction of sp³-hybridized carbons (Fsp3) is 0.0667. The molecule has 0 unspecified atom stereocenters. The Hall–Kier alpha value is -3.22. The van der Waals surface area contributed by atoms with Crippen molar-refractivity contribution in [3.8, 4) is 0 Å². The number of hydrogen-bond acceptors (Lipinski definition) is 4. The lowest BCUT2D eigenvalue weighted by Crippen LogP contribution is -2.23. The first kappa shape index (κ1) is 12.5. The Balaban J connectivity index is 1.55. The van der Waals surface area contributed by atoms with E-state index in [9.17, 15) is 4.79 Å². The normalized spacial score (nSPS) is 11.1. The van der Waals surface area contributed by atoms with Gasteiger partial charge in [0.15, 0.2) is 5.65 Å². The standard InChI is InChI=1S/C15H12N6O/c22-15(11-4-7-21-14(8-11)17-10-19-21)16-9-12-2-1-6-20-13(12)3-5-18-20/h1-8,10H,9H2,(H,16,22). The molecule has 0 saturated carbocycles. The van der Waals surface area contributed by atoms with E-state index in [1.165, 1.54) is 6.33 Å². The Morgan fingerprint density at radius 2 is 2.09 bits per heavy atom. The van der Waals surface area contributed by atoms with Gasteiger partial charge in [-0.05, 0) is 29.8 Å². The first-order chi connectivity index (χ1) is 10.8. The van der Waals surface area contributed by atoms with Crippen molar-refractivity contribution < 1.29 is 4.79 Å². The highest BCUT2D eigenvalue weighted by molar-refractivity contribution is 5.95. The lowest BCUT2D eigenvalue weighted by molar-refractivity contribution is 0.0951. The number of hydrogen-bond donors (Lipinski definition) is 1. The van der Waals surface area contributed by atoms with Crippen LogP contribution in [0.5, 0.6) is 0 Å². The molecule has 0 fully saturated rings. The summed E-state index contributed by atoms with van der Waals surface area (Å²) in [5.74, 6) is -0.146. The molecule has 108 valence electrons. The predicted molar refractivity (Wildman–Crippen MR) is 79.3 cm³/mol. The van der Waals surface area contributed by atoms with Crippen LogP contribution < -0.4 is 5.32 Å². The fourth-order valence-electron chi connectivity index (χ4n) is 2.40. The number of rotatable bonds is 3. The molecule has 0 atom stereocenters. The topological polar surface area (TPSA) is 76.6 Å². The summed E-state index contributed by atoms with van der Waals surface area (Å²) >= 11 is 0. The molecule has 4 heterocycles. The van der Waals surface area contributed by atoms with Crippen LogP contribution in [0.4, 0.5) is 0 Å². The molecule has 0 bridgehead atoms. The summed E-state index contributed by atoms with van der Waals surface area (Å²) in [5.41, 5.74) is 3.19. The van der Waals surface area contributed by atoms with Crippen LogP contribution in [-0.2, 0) is 6.54 Å². The number of carbonyl (C=O) groups is 1. The highest BCUT2D eigenvalue weighted by atomic mass is 16.1. The highest BCUT2D eigenvalue weighted by Gasteiger charge is 2.08. The van der Waals surface area contributed by atoms with E-state index < -0.39 is 0 Å². The first-order valence-corrected chi connectivity index (χ1v) is 6.80. The second-order valence-corrected chi connectivity index (χ2v) is 4.86. The largest absolute Gasteiger partial charge is 0.348 e. The first-order valence-electron chi connectivity index (χ1n) is 6.80. The Bertz CT molecular complexity index is 970. The lowest BCUT2D eigenvalue weighted by atomic mass is 10.2. The quantitative estimate of drug-likeness (QED) is 0.617. The summed E-state index contributed by atoms with van der Waals surface area (Å²) in [6, 6.07) is 9.23. The average molecular weight is 292 g/mol. The maximum absolute atomic E-state index is 12.3. The van der Waals surface area contributed by atoms with Gasteiger partial charge in [0, 0.05) is 30.7 Å². The molecular formula is C15H12N6O. The van der Waals surface area contributed by atoms with Crippen molar-refractivity contribution in [1.82, 2.24) is 29.5 Å². The Morgan fingerprint density at radius 3 is 3.05 bits per heavy atom. The second kappa shape index (κ2) is 4.96. The number of carbonyl (C=O) groups excluding carboxylic acids is 1. The van der Waals surface area contributed by atoms with E-state index in [0.717, 1.165) is 11.1 Å². The Morgan fingerprint density at radius 1 is 1.14 bits per heavy atom. The van der Waals surface area contributed by atoms with E-state index in [-0.39, 0.29) is 5.91 Å². The third-order valence-corrected chi connectivity index (χ3v) is 3.51. The molecule has 4 aromatic heterocycles. The summed E-state index contributed by atoms with van der Waals surface area (Å²) in [6.07, 6.45) is 6.78.